The van der Waals surface area contributed by atoms with Crippen LogP contribution in [-0.4, -0.2) is 39.4 Å². The SMILES string of the molecule is CC(C)c1ccc(S(=O)(=O)N(C)CC2CCNCC2)cc1. The van der Waals surface area contributed by atoms with Gasteiger partial charge in [-0.05, 0) is 55.5 Å². The summed E-state index contributed by atoms with van der Waals surface area (Å²) in [6, 6.07) is 7.28. The molecule has 0 unspecified atom stereocenters. The number of nitrogens with zero attached hydrogens (tertiary/aromatic N) is 1. The van der Waals surface area contributed by atoms with Crippen molar-refractivity contribution < 1.29 is 8.42 Å². The molecule has 4 nitrogen and oxygen atoms in total. The van der Waals surface area contributed by atoms with Crippen molar-refractivity contribution in [2.75, 3.05) is 26.7 Å². The molecule has 21 heavy (non-hydrogen) atoms. The maximum atomic E-state index is 12.6. The summed E-state index contributed by atoms with van der Waals surface area (Å²) in [5, 5.41) is 3.31. The summed E-state index contributed by atoms with van der Waals surface area (Å²) in [6.07, 6.45) is 2.10. The van der Waals surface area contributed by atoms with E-state index in [-0.39, 0.29) is 0 Å². The molecule has 1 heterocycles. The van der Waals surface area contributed by atoms with Gasteiger partial charge in [0.1, 0.15) is 0 Å². The van der Waals surface area contributed by atoms with E-state index in [1.807, 2.05) is 12.1 Å². The van der Waals surface area contributed by atoms with Gasteiger partial charge in [0.25, 0.3) is 0 Å². The molecule has 1 fully saturated rings. The van der Waals surface area contributed by atoms with E-state index in [0.717, 1.165) is 31.5 Å². The van der Waals surface area contributed by atoms with Crippen molar-refractivity contribution in [1.29, 1.82) is 0 Å². The summed E-state index contributed by atoms with van der Waals surface area (Å²) in [5.74, 6) is 0.871. The first-order valence-electron chi connectivity index (χ1n) is 7.68. The molecule has 0 bridgehead atoms. The Hall–Kier alpha value is -0.910. The molecule has 0 amide bonds. The molecule has 2 rings (SSSR count). The molecule has 1 aliphatic rings. The van der Waals surface area contributed by atoms with Crippen molar-refractivity contribution >= 4 is 10.0 Å². The van der Waals surface area contributed by atoms with Crippen molar-refractivity contribution in [3.05, 3.63) is 29.8 Å². The number of piperidine rings is 1. The number of hydrogen-bond donors (Lipinski definition) is 1. The Kier molecular flexibility index (Phi) is 5.41. The first-order valence-corrected chi connectivity index (χ1v) is 9.12. The highest BCUT2D eigenvalue weighted by Gasteiger charge is 2.24. The lowest BCUT2D eigenvalue weighted by Gasteiger charge is -2.27. The average molecular weight is 310 g/mol. The molecular formula is C16H26N2O2S. The van der Waals surface area contributed by atoms with Gasteiger partial charge in [0.2, 0.25) is 10.0 Å². The number of hydrogen-bond acceptors (Lipinski definition) is 3. The molecule has 0 radical (unpaired) electrons. The topological polar surface area (TPSA) is 49.4 Å². The van der Waals surface area contributed by atoms with Gasteiger partial charge in [0, 0.05) is 13.6 Å². The second kappa shape index (κ2) is 6.90. The van der Waals surface area contributed by atoms with E-state index in [4.69, 9.17) is 0 Å². The fourth-order valence-corrected chi connectivity index (χ4v) is 3.98. The van der Waals surface area contributed by atoms with E-state index in [2.05, 4.69) is 19.2 Å². The smallest absolute Gasteiger partial charge is 0.242 e. The summed E-state index contributed by atoms with van der Waals surface area (Å²) >= 11 is 0. The summed E-state index contributed by atoms with van der Waals surface area (Å²) in [7, 11) is -1.68. The second-order valence-corrected chi connectivity index (χ2v) is 8.25. The molecule has 5 heteroatoms. The Bertz CT molecular complexity index is 546. The number of nitrogens with one attached hydrogen (secondary N) is 1. The zero-order valence-electron chi connectivity index (χ0n) is 13.2. The molecule has 1 aromatic rings. The molecule has 0 atom stereocenters. The number of sulfonamides is 1. The van der Waals surface area contributed by atoms with Gasteiger partial charge in [-0.25, -0.2) is 12.7 Å². The van der Waals surface area contributed by atoms with E-state index in [0.29, 0.717) is 23.3 Å². The zero-order chi connectivity index (χ0) is 15.5. The van der Waals surface area contributed by atoms with Crippen LogP contribution in [0.25, 0.3) is 0 Å². The third-order valence-electron chi connectivity index (χ3n) is 4.23. The summed E-state index contributed by atoms with van der Waals surface area (Å²) in [4.78, 5) is 0.392. The van der Waals surface area contributed by atoms with Crippen LogP contribution in [-0.2, 0) is 10.0 Å². The lowest BCUT2D eigenvalue weighted by Crippen LogP contribution is -2.37. The van der Waals surface area contributed by atoms with Crippen LogP contribution in [0, 0.1) is 5.92 Å². The fraction of sp³-hybridized carbons (Fsp3) is 0.625. The third kappa shape index (κ3) is 4.05. The standard InChI is InChI=1S/C16H26N2O2S/c1-13(2)15-4-6-16(7-5-15)21(19,20)18(3)12-14-8-10-17-11-9-14/h4-7,13-14,17H,8-12H2,1-3H3. The highest BCUT2D eigenvalue weighted by molar-refractivity contribution is 7.89. The van der Waals surface area contributed by atoms with Crippen molar-refractivity contribution in [2.24, 2.45) is 5.92 Å². The van der Waals surface area contributed by atoms with E-state index in [1.165, 1.54) is 4.31 Å². The van der Waals surface area contributed by atoms with Gasteiger partial charge in [-0.1, -0.05) is 26.0 Å². The molecule has 1 aromatic carbocycles. The van der Waals surface area contributed by atoms with Crippen LogP contribution in [0.4, 0.5) is 0 Å². The third-order valence-corrected chi connectivity index (χ3v) is 6.07. The van der Waals surface area contributed by atoms with Crippen LogP contribution >= 0.6 is 0 Å². The molecule has 1 aliphatic heterocycles. The van der Waals surface area contributed by atoms with E-state index >= 15 is 0 Å². The largest absolute Gasteiger partial charge is 0.317 e. The molecule has 0 spiro atoms. The van der Waals surface area contributed by atoms with Crippen molar-refractivity contribution in [3.63, 3.8) is 0 Å². The van der Waals surface area contributed by atoms with Gasteiger partial charge in [0.15, 0.2) is 0 Å². The summed E-state index contributed by atoms with van der Waals surface area (Å²) in [6.45, 7) is 6.79. The van der Waals surface area contributed by atoms with Gasteiger partial charge in [-0.3, -0.25) is 0 Å². The molecular weight excluding hydrogens is 284 g/mol. The molecule has 0 aliphatic carbocycles. The second-order valence-electron chi connectivity index (χ2n) is 6.20. The molecule has 1 N–H and O–H groups in total. The Morgan fingerprint density at radius 1 is 1.19 bits per heavy atom. The summed E-state index contributed by atoms with van der Waals surface area (Å²) in [5.41, 5.74) is 1.16. The maximum absolute atomic E-state index is 12.6. The quantitative estimate of drug-likeness (QED) is 0.909. The average Bonchev–Trinajstić information content (AvgIpc) is 2.48. The molecule has 1 saturated heterocycles. The van der Waals surface area contributed by atoms with Gasteiger partial charge in [-0.15, -0.1) is 0 Å². The van der Waals surface area contributed by atoms with Gasteiger partial charge in [-0.2, -0.15) is 0 Å². The molecule has 118 valence electrons. The van der Waals surface area contributed by atoms with Gasteiger partial charge in [0.05, 0.1) is 4.90 Å². The Balaban J connectivity index is 2.08. The molecule has 0 saturated carbocycles. The predicted octanol–water partition coefficient (Wildman–Crippen LogP) is 2.43. The van der Waals surface area contributed by atoms with Crippen molar-refractivity contribution in [2.45, 2.75) is 37.5 Å². The van der Waals surface area contributed by atoms with E-state index in [9.17, 15) is 8.42 Å². The molecule has 0 aromatic heterocycles. The minimum Gasteiger partial charge on any atom is -0.317 e. The first kappa shape index (κ1) is 16.5. The van der Waals surface area contributed by atoms with Crippen LogP contribution in [0.5, 0.6) is 0 Å². The highest BCUT2D eigenvalue weighted by Crippen LogP contribution is 2.21. The zero-order valence-corrected chi connectivity index (χ0v) is 14.0. The van der Waals surface area contributed by atoms with E-state index < -0.39 is 10.0 Å². The number of rotatable bonds is 5. The van der Waals surface area contributed by atoms with Crippen molar-refractivity contribution in [3.8, 4) is 0 Å². The minimum absolute atomic E-state index is 0.392. The van der Waals surface area contributed by atoms with Gasteiger partial charge < -0.3 is 5.32 Å². The summed E-state index contributed by atoms with van der Waals surface area (Å²) < 4.78 is 26.7. The van der Waals surface area contributed by atoms with Crippen LogP contribution in [0.3, 0.4) is 0 Å². The monoisotopic (exact) mass is 310 g/mol. The lowest BCUT2D eigenvalue weighted by atomic mass is 9.98. The van der Waals surface area contributed by atoms with E-state index in [1.54, 1.807) is 19.2 Å². The highest BCUT2D eigenvalue weighted by atomic mass is 32.2. The van der Waals surface area contributed by atoms with Crippen LogP contribution in [0.1, 0.15) is 38.2 Å². The maximum Gasteiger partial charge on any atom is 0.242 e. The number of benzene rings is 1. The predicted molar refractivity (Wildman–Crippen MR) is 85.9 cm³/mol. The van der Waals surface area contributed by atoms with Gasteiger partial charge >= 0.3 is 0 Å². The Morgan fingerprint density at radius 3 is 2.29 bits per heavy atom. The minimum atomic E-state index is -3.37. The fourth-order valence-electron chi connectivity index (χ4n) is 2.73. The van der Waals surface area contributed by atoms with Crippen LogP contribution in [0.2, 0.25) is 0 Å². The van der Waals surface area contributed by atoms with Crippen LogP contribution in [0.15, 0.2) is 29.2 Å². The first-order chi connectivity index (χ1) is 9.91. The lowest BCUT2D eigenvalue weighted by molar-refractivity contribution is 0.311. The van der Waals surface area contributed by atoms with Crippen molar-refractivity contribution in [1.82, 2.24) is 9.62 Å². The Morgan fingerprint density at radius 2 is 1.76 bits per heavy atom. The van der Waals surface area contributed by atoms with Crippen LogP contribution < -0.4 is 5.32 Å². The Labute approximate surface area is 128 Å². The normalized spacial score (nSPS) is 17.6.